The summed E-state index contributed by atoms with van der Waals surface area (Å²) in [6.45, 7) is 0.530. The third-order valence-electron chi connectivity index (χ3n) is 7.62. The Bertz CT molecular complexity index is 1970. The van der Waals surface area contributed by atoms with Crippen LogP contribution in [0.2, 0.25) is 0 Å². The molecule has 0 spiro atoms. The number of sulfonamides is 1. The van der Waals surface area contributed by atoms with Crippen LogP contribution in [0.5, 0.6) is 0 Å². The second-order valence-corrected chi connectivity index (χ2v) is 14.5. The Morgan fingerprint density at radius 2 is 1.87 bits per heavy atom. The molecule has 1 unspecified atom stereocenters. The van der Waals surface area contributed by atoms with E-state index in [1.807, 2.05) is 0 Å². The molecular formula is C27H28F2N10O5S2. The van der Waals surface area contributed by atoms with Gasteiger partial charge in [0.25, 0.3) is 16.4 Å². The average Bonchev–Trinajstić information content (AvgIpc) is 3.59. The minimum absolute atomic E-state index is 0.0363. The van der Waals surface area contributed by atoms with E-state index in [4.69, 9.17) is 0 Å². The van der Waals surface area contributed by atoms with Crippen LogP contribution in [0.3, 0.4) is 0 Å². The van der Waals surface area contributed by atoms with Gasteiger partial charge in [-0.25, -0.2) is 31.5 Å². The number of benzene rings is 1. The van der Waals surface area contributed by atoms with Gasteiger partial charge >= 0.3 is 0 Å². The SMILES string of the molecule is CS(=O)(=O)N1CCC(Nc2ncc3c(n2)N(Cc2ccc(-c4cccc(S(=O)(=O)n5cncn5)c4)nn2)C(O)C(C(F)F)=C3)CC1. The van der Waals surface area contributed by atoms with Gasteiger partial charge in [-0.05, 0) is 43.2 Å². The van der Waals surface area contributed by atoms with Crippen LogP contribution in [0, 0.1) is 0 Å². The topological polar surface area (TPSA) is 189 Å². The number of aliphatic hydroxyl groups excluding tert-OH is 1. The lowest BCUT2D eigenvalue weighted by Crippen LogP contribution is -2.43. The Morgan fingerprint density at radius 3 is 2.52 bits per heavy atom. The maximum atomic E-state index is 13.9. The summed E-state index contributed by atoms with van der Waals surface area (Å²) < 4.78 is 79.3. The van der Waals surface area contributed by atoms with Crippen molar-refractivity contribution in [2.45, 2.75) is 43.0 Å². The Labute approximate surface area is 262 Å². The summed E-state index contributed by atoms with van der Waals surface area (Å²) in [5.41, 5.74) is 0.866. The molecule has 2 aliphatic heterocycles. The number of aliphatic hydroxyl groups is 1. The number of hydrogen-bond donors (Lipinski definition) is 2. The second kappa shape index (κ2) is 12.4. The first kappa shape index (κ1) is 31.5. The first-order valence-corrected chi connectivity index (χ1v) is 17.3. The van der Waals surface area contributed by atoms with Gasteiger partial charge in [-0.15, -0.1) is 9.19 Å². The highest BCUT2D eigenvalue weighted by Gasteiger charge is 2.34. The third kappa shape index (κ3) is 6.43. The molecule has 0 amide bonds. The highest BCUT2D eigenvalue weighted by Crippen LogP contribution is 2.34. The minimum Gasteiger partial charge on any atom is -0.369 e. The zero-order valence-corrected chi connectivity index (χ0v) is 25.9. The molecule has 2 N–H and O–H groups in total. The highest BCUT2D eigenvalue weighted by atomic mass is 32.2. The van der Waals surface area contributed by atoms with Gasteiger partial charge in [0.2, 0.25) is 16.0 Å². The summed E-state index contributed by atoms with van der Waals surface area (Å²) in [6, 6.07) is 9.10. The minimum atomic E-state index is -3.97. The molecule has 5 heterocycles. The van der Waals surface area contributed by atoms with Crippen molar-refractivity contribution in [3.8, 4) is 11.3 Å². The monoisotopic (exact) mass is 674 g/mol. The van der Waals surface area contributed by atoms with Crippen molar-refractivity contribution < 1.29 is 30.7 Å². The first-order valence-electron chi connectivity index (χ1n) is 14.0. The summed E-state index contributed by atoms with van der Waals surface area (Å²) in [5, 5.41) is 26.3. The lowest BCUT2D eigenvalue weighted by molar-refractivity contribution is 0.123. The molecule has 1 saturated heterocycles. The number of halogens is 2. The fourth-order valence-electron chi connectivity index (χ4n) is 5.20. The molecule has 2 aliphatic rings. The van der Waals surface area contributed by atoms with Crippen LogP contribution in [-0.2, 0) is 26.6 Å². The smallest absolute Gasteiger partial charge is 0.284 e. The van der Waals surface area contributed by atoms with E-state index in [1.165, 1.54) is 33.8 Å². The van der Waals surface area contributed by atoms with Crippen molar-refractivity contribution in [2.24, 2.45) is 0 Å². The zero-order chi connectivity index (χ0) is 32.6. The molecule has 4 aromatic rings. The van der Waals surface area contributed by atoms with E-state index >= 15 is 0 Å². The number of hydrogen-bond acceptors (Lipinski definition) is 13. The predicted molar refractivity (Wildman–Crippen MR) is 161 cm³/mol. The fraction of sp³-hybridized carbons (Fsp3) is 0.333. The van der Waals surface area contributed by atoms with E-state index in [0.717, 1.165) is 22.8 Å². The summed E-state index contributed by atoms with van der Waals surface area (Å²) in [4.78, 5) is 13.7. The van der Waals surface area contributed by atoms with Crippen LogP contribution in [0.25, 0.3) is 17.3 Å². The lowest BCUT2D eigenvalue weighted by Gasteiger charge is -2.35. The maximum Gasteiger partial charge on any atom is 0.284 e. The number of fused-ring (bicyclic) bond motifs is 1. The van der Waals surface area contributed by atoms with Crippen molar-refractivity contribution in [1.29, 1.82) is 0 Å². The largest absolute Gasteiger partial charge is 0.369 e. The number of rotatable bonds is 9. The molecule has 3 aromatic heterocycles. The normalized spacial score (nSPS) is 18.0. The van der Waals surface area contributed by atoms with E-state index < -0.39 is 38.3 Å². The summed E-state index contributed by atoms with van der Waals surface area (Å²) in [5.74, 6) is 0.393. The molecule has 6 rings (SSSR count). The van der Waals surface area contributed by atoms with E-state index in [2.05, 4.69) is 35.6 Å². The van der Waals surface area contributed by atoms with Crippen LogP contribution in [0.15, 0.2) is 65.7 Å². The predicted octanol–water partition coefficient (Wildman–Crippen LogP) is 1.59. The molecule has 1 atom stereocenters. The number of nitrogens with one attached hydrogen (secondary N) is 1. The second-order valence-electron chi connectivity index (χ2n) is 10.7. The molecule has 19 heteroatoms. The zero-order valence-electron chi connectivity index (χ0n) is 24.2. The Balaban J connectivity index is 1.23. The first-order chi connectivity index (χ1) is 21.9. The van der Waals surface area contributed by atoms with E-state index in [1.54, 1.807) is 24.3 Å². The fourth-order valence-corrected chi connectivity index (χ4v) is 7.16. The third-order valence-corrected chi connectivity index (χ3v) is 10.4. The molecule has 15 nitrogen and oxygen atoms in total. The van der Waals surface area contributed by atoms with Crippen molar-refractivity contribution >= 4 is 37.9 Å². The molecule has 1 fully saturated rings. The van der Waals surface area contributed by atoms with E-state index in [9.17, 15) is 30.7 Å². The molecule has 242 valence electrons. The van der Waals surface area contributed by atoms with E-state index in [-0.39, 0.29) is 34.8 Å². The van der Waals surface area contributed by atoms with Crippen LogP contribution >= 0.6 is 0 Å². The Kier molecular flexibility index (Phi) is 8.49. The van der Waals surface area contributed by atoms with Gasteiger partial charge in [-0.2, -0.15) is 23.6 Å². The van der Waals surface area contributed by atoms with Crippen molar-refractivity contribution in [2.75, 3.05) is 29.6 Å². The van der Waals surface area contributed by atoms with Crippen molar-refractivity contribution in [1.82, 2.24) is 38.6 Å². The Hall–Kier alpha value is -4.46. The molecule has 1 aromatic carbocycles. The van der Waals surface area contributed by atoms with Gasteiger partial charge in [0, 0.05) is 42.0 Å². The number of anilines is 2. The van der Waals surface area contributed by atoms with Crippen molar-refractivity contribution in [3.05, 3.63) is 72.1 Å². The Morgan fingerprint density at radius 1 is 1.09 bits per heavy atom. The summed E-state index contributed by atoms with van der Waals surface area (Å²) in [6.07, 6.45) is 2.27. The van der Waals surface area contributed by atoms with Gasteiger partial charge in [0.15, 0.2) is 6.23 Å². The van der Waals surface area contributed by atoms with Crippen LogP contribution in [0.4, 0.5) is 20.5 Å². The lowest BCUT2D eigenvalue weighted by atomic mass is 10.0. The molecule has 0 aliphatic carbocycles. The molecule has 0 bridgehead atoms. The average molecular weight is 675 g/mol. The standard InChI is InChI=1S/C27H28F2N10O5S2/c1-45(41,42)37-9-7-19(8-10-37)33-27-31-13-18-12-22(24(28)29)26(40)38(25(18)34-27)14-20-5-6-23(36-35-20)17-3-2-4-21(11-17)46(43,44)39-16-30-15-32-39/h2-6,11-13,15-16,19,24,26,40H,7-10,14H2,1H3,(H,31,33,34). The molecule has 46 heavy (non-hydrogen) atoms. The van der Waals surface area contributed by atoms with Gasteiger partial charge < -0.3 is 15.3 Å². The molecule has 0 radical (unpaired) electrons. The number of aromatic nitrogens is 7. The van der Waals surface area contributed by atoms with E-state index in [0.29, 0.717) is 42.9 Å². The van der Waals surface area contributed by atoms with Gasteiger partial charge in [-0.3, -0.25) is 0 Å². The quantitative estimate of drug-likeness (QED) is 0.261. The molecular weight excluding hydrogens is 646 g/mol. The van der Waals surface area contributed by atoms with Crippen LogP contribution in [-0.4, -0.2) is 98.6 Å². The van der Waals surface area contributed by atoms with Gasteiger partial charge in [0.1, 0.15) is 18.5 Å². The van der Waals surface area contributed by atoms with Crippen LogP contribution < -0.4 is 10.2 Å². The summed E-state index contributed by atoms with van der Waals surface area (Å²) >= 11 is 0. The number of piperidine rings is 1. The number of nitrogens with zero attached hydrogens (tertiary/aromatic N) is 9. The summed E-state index contributed by atoms with van der Waals surface area (Å²) in [7, 11) is -7.26. The van der Waals surface area contributed by atoms with Crippen molar-refractivity contribution in [3.63, 3.8) is 0 Å². The highest BCUT2D eigenvalue weighted by molar-refractivity contribution is 7.89. The van der Waals surface area contributed by atoms with Crippen LogP contribution in [0.1, 0.15) is 24.1 Å². The van der Waals surface area contributed by atoms with Gasteiger partial charge in [0.05, 0.1) is 29.1 Å². The number of alkyl halides is 2. The molecule has 0 saturated carbocycles. The maximum absolute atomic E-state index is 13.9. The van der Waals surface area contributed by atoms with Gasteiger partial charge in [-0.1, -0.05) is 12.1 Å².